The summed E-state index contributed by atoms with van der Waals surface area (Å²) in [4.78, 5) is 12.5. The third-order valence-corrected chi connectivity index (χ3v) is 3.52. The highest BCUT2D eigenvalue weighted by atomic mass is 16.5. The molecule has 114 valence electrons. The Morgan fingerprint density at radius 2 is 1.95 bits per heavy atom. The van der Waals surface area contributed by atoms with Gasteiger partial charge in [0.25, 0.3) is 5.56 Å². The van der Waals surface area contributed by atoms with Gasteiger partial charge in [0.05, 0.1) is 32.4 Å². The van der Waals surface area contributed by atoms with Gasteiger partial charge < -0.3 is 14.0 Å². The van der Waals surface area contributed by atoms with Gasteiger partial charge >= 0.3 is 0 Å². The Labute approximate surface area is 129 Å². The summed E-state index contributed by atoms with van der Waals surface area (Å²) < 4.78 is 12.3. The van der Waals surface area contributed by atoms with Crippen molar-refractivity contribution in [2.24, 2.45) is 0 Å². The van der Waals surface area contributed by atoms with Gasteiger partial charge in [0.2, 0.25) is 0 Å². The van der Waals surface area contributed by atoms with E-state index in [0.29, 0.717) is 23.6 Å². The van der Waals surface area contributed by atoms with E-state index in [0.717, 1.165) is 11.3 Å². The Morgan fingerprint density at radius 1 is 1.18 bits per heavy atom. The molecule has 0 aliphatic rings. The number of hydrogen-bond donors (Lipinski definition) is 0. The summed E-state index contributed by atoms with van der Waals surface area (Å²) in [7, 11) is 3.18. The Kier molecular flexibility index (Phi) is 4.84. The van der Waals surface area contributed by atoms with Crippen LogP contribution in [0.25, 0.3) is 11.3 Å². The van der Waals surface area contributed by atoms with Gasteiger partial charge in [-0.1, -0.05) is 6.07 Å². The second-order valence-corrected chi connectivity index (χ2v) is 4.69. The number of methoxy groups -OCH3 is 2. The molecule has 1 aromatic carbocycles. The molecular weight excluding hydrogens is 280 g/mol. The van der Waals surface area contributed by atoms with Crippen molar-refractivity contribution >= 4 is 0 Å². The van der Waals surface area contributed by atoms with Gasteiger partial charge in [-0.25, -0.2) is 0 Å². The van der Waals surface area contributed by atoms with Gasteiger partial charge in [0.1, 0.15) is 11.5 Å². The second-order valence-electron chi connectivity index (χ2n) is 4.69. The molecule has 0 atom stereocenters. The van der Waals surface area contributed by atoms with Crippen LogP contribution in [-0.4, -0.2) is 18.8 Å². The third kappa shape index (κ3) is 2.82. The summed E-state index contributed by atoms with van der Waals surface area (Å²) in [6.45, 7) is 2.40. The summed E-state index contributed by atoms with van der Waals surface area (Å²) in [5, 5.41) is 8.81. The van der Waals surface area contributed by atoms with Crippen LogP contribution in [0.4, 0.5) is 0 Å². The van der Waals surface area contributed by atoms with E-state index in [1.165, 1.54) is 0 Å². The number of ether oxygens (including phenoxy) is 2. The molecule has 0 aliphatic carbocycles. The molecule has 0 unspecified atom stereocenters. The summed E-state index contributed by atoms with van der Waals surface area (Å²) in [6, 6.07) is 11.0. The Morgan fingerprint density at radius 3 is 2.55 bits per heavy atom. The van der Waals surface area contributed by atoms with E-state index in [9.17, 15) is 4.79 Å². The van der Waals surface area contributed by atoms with Gasteiger partial charge in [-0.15, -0.1) is 0 Å². The number of rotatable bonds is 5. The van der Waals surface area contributed by atoms with Crippen LogP contribution >= 0.6 is 0 Å². The zero-order chi connectivity index (χ0) is 16.1. The first-order chi connectivity index (χ1) is 10.7. The zero-order valence-corrected chi connectivity index (χ0v) is 12.9. The number of nitriles is 1. The van der Waals surface area contributed by atoms with Crippen molar-refractivity contribution in [3.05, 3.63) is 46.2 Å². The van der Waals surface area contributed by atoms with Gasteiger partial charge in [-0.05, 0) is 31.2 Å². The smallest absolute Gasteiger partial charge is 0.255 e. The van der Waals surface area contributed by atoms with Crippen LogP contribution in [-0.2, 0) is 13.0 Å². The molecule has 22 heavy (non-hydrogen) atoms. The molecule has 5 nitrogen and oxygen atoms in total. The fourth-order valence-electron chi connectivity index (χ4n) is 2.41. The standard InChI is InChI=1S/C17H18N2O3/c1-4-19-15(7-5-12(9-10-18)17(19)20)14-11-13(21-2)6-8-16(14)22-3/h5-8,11H,4,9H2,1-3H3. The first-order valence-corrected chi connectivity index (χ1v) is 6.98. The van der Waals surface area contributed by atoms with Crippen molar-refractivity contribution in [1.29, 1.82) is 5.26 Å². The normalized spacial score (nSPS) is 10.1. The molecule has 0 fully saturated rings. The van der Waals surface area contributed by atoms with Gasteiger partial charge in [-0.2, -0.15) is 5.26 Å². The first kappa shape index (κ1) is 15.6. The van der Waals surface area contributed by atoms with Crippen LogP contribution in [0.3, 0.4) is 0 Å². The number of benzene rings is 1. The molecule has 2 aromatic rings. The predicted octanol–water partition coefficient (Wildman–Crippen LogP) is 2.62. The molecule has 0 aliphatic heterocycles. The molecule has 0 saturated carbocycles. The lowest BCUT2D eigenvalue weighted by Crippen LogP contribution is -2.24. The fourth-order valence-corrected chi connectivity index (χ4v) is 2.41. The van der Waals surface area contributed by atoms with E-state index in [-0.39, 0.29) is 12.0 Å². The monoisotopic (exact) mass is 298 g/mol. The van der Waals surface area contributed by atoms with Crippen molar-refractivity contribution in [2.75, 3.05) is 14.2 Å². The molecule has 0 saturated heterocycles. The number of hydrogen-bond acceptors (Lipinski definition) is 4. The molecule has 0 radical (unpaired) electrons. The lowest BCUT2D eigenvalue weighted by atomic mass is 10.1. The Balaban J connectivity index is 2.70. The highest BCUT2D eigenvalue weighted by Crippen LogP contribution is 2.33. The summed E-state index contributed by atoms with van der Waals surface area (Å²) >= 11 is 0. The maximum absolute atomic E-state index is 12.5. The van der Waals surface area contributed by atoms with Gasteiger partial charge in [0.15, 0.2) is 0 Å². The number of pyridine rings is 1. The molecule has 0 spiro atoms. The molecule has 2 rings (SSSR count). The fraction of sp³-hybridized carbons (Fsp3) is 0.294. The highest BCUT2D eigenvalue weighted by Gasteiger charge is 2.14. The molecule has 1 aromatic heterocycles. The zero-order valence-electron chi connectivity index (χ0n) is 12.9. The Bertz CT molecular complexity index is 772. The van der Waals surface area contributed by atoms with E-state index in [1.807, 2.05) is 31.2 Å². The van der Waals surface area contributed by atoms with Crippen molar-refractivity contribution in [3.63, 3.8) is 0 Å². The van der Waals surface area contributed by atoms with E-state index >= 15 is 0 Å². The van der Waals surface area contributed by atoms with Crippen molar-refractivity contribution in [1.82, 2.24) is 4.57 Å². The van der Waals surface area contributed by atoms with Gasteiger partial charge in [-0.3, -0.25) is 4.79 Å². The molecule has 5 heteroatoms. The number of nitrogens with zero attached hydrogens (tertiary/aromatic N) is 2. The minimum absolute atomic E-state index is 0.106. The maximum Gasteiger partial charge on any atom is 0.255 e. The summed E-state index contributed by atoms with van der Waals surface area (Å²) in [5.41, 5.74) is 1.87. The van der Waals surface area contributed by atoms with Crippen molar-refractivity contribution < 1.29 is 9.47 Å². The van der Waals surface area contributed by atoms with E-state index in [4.69, 9.17) is 14.7 Å². The SMILES string of the molecule is CCn1c(-c2cc(OC)ccc2OC)ccc(CC#N)c1=O. The number of aromatic nitrogens is 1. The van der Waals surface area contributed by atoms with Gasteiger partial charge in [0, 0.05) is 17.7 Å². The lowest BCUT2D eigenvalue weighted by molar-refractivity contribution is 0.404. The molecule has 1 heterocycles. The van der Waals surface area contributed by atoms with E-state index in [1.54, 1.807) is 30.9 Å². The summed E-state index contributed by atoms with van der Waals surface area (Å²) in [5.74, 6) is 1.35. The van der Waals surface area contributed by atoms with Crippen molar-refractivity contribution in [2.45, 2.75) is 19.9 Å². The molecule has 0 bridgehead atoms. The third-order valence-electron chi connectivity index (χ3n) is 3.52. The molecule has 0 N–H and O–H groups in total. The molecule has 0 amide bonds. The van der Waals surface area contributed by atoms with Crippen LogP contribution < -0.4 is 15.0 Å². The van der Waals surface area contributed by atoms with Crippen molar-refractivity contribution in [3.8, 4) is 28.8 Å². The van der Waals surface area contributed by atoms with E-state index in [2.05, 4.69) is 0 Å². The second kappa shape index (κ2) is 6.81. The van der Waals surface area contributed by atoms with Crippen LogP contribution in [0.5, 0.6) is 11.5 Å². The maximum atomic E-state index is 12.5. The lowest BCUT2D eigenvalue weighted by Gasteiger charge is -2.16. The first-order valence-electron chi connectivity index (χ1n) is 6.98. The van der Waals surface area contributed by atoms with Crippen LogP contribution in [0.15, 0.2) is 35.1 Å². The average molecular weight is 298 g/mol. The summed E-state index contributed by atoms with van der Waals surface area (Å²) in [6.07, 6.45) is 0.106. The Hall–Kier alpha value is -2.74. The van der Waals surface area contributed by atoms with Crippen LogP contribution in [0, 0.1) is 11.3 Å². The minimum atomic E-state index is -0.147. The highest BCUT2D eigenvalue weighted by molar-refractivity contribution is 5.69. The molecular formula is C17H18N2O3. The quantitative estimate of drug-likeness (QED) is 0.851. The average Bonchev–Trinajstić information content (AvgIpc) is 2.56. The van der Waals surface area contributed by atoms with Crippen LogP contribution in [0.1, 0.15) is 12.5 Å². The van der Waals surface area contributed by atoms with Crippen LogP contribution in [0.2, 0.25) is 0 Å². The minimum Gasteiger partial charge on any atom is -0.497 e. The largest absolute Gasteiger partial charge is 0.497 e. The topological polar surface area (TPSA) is 64.2 Å². The predicted molar refractivity (Wildman–Crippen MR) is 84.2 cm³/mol. The van der Waals surface area contributed by atoms with E-state index < -0.39 is 0 Å².